The molecule has 0 aromatic heterocycles. The molecule has 0 fully saturated rings. The zero-order valence-electron chi connectivity index (χ0n) is 33.5. The number of allylic oxidation sites excluding steroid dienone is 9. The molecule has 0 aromatic rings. The van der Waals surface area contributed by atoms with Crippen LogP contribution in [0.5, 0.6) is 0 Å². The Kier molecular flexibility index (Phi) is 39.3. The average molecular weight is 714 g/mol. The molecule has 3 atom stereocenters. The van der Waals surface area contributed by atoms with Gasteiger partial charge in [-0.05, 0) is 77.0 Å². The van der Waals surface area contributed by atoms with Crippen LogP contribution in [0.4, 0.5) is 0 Å². The number of carbonyl (C=O) groups excluding carboxylic acids is 1. The summed E-state index contributed by atoms with van der Waals surface area (Å²) >= 11 is 0. The summed E-state index contributed by atoms with van der Waals surface area (Å²) in [5, 5.41) is 33.1. The molecule has 0 saturated heterocycles. The highest BCUT2D eigenvalue weighted by atomic mass is 16.3. The van der Waals surface area contributed by atoms with Crippen molar-refractivity contribution >= 4 is 5.91 Å². The van der Waals surface area contributed by atoms with Crippen LogP contribution in [0.1, 0.15) is 200 Å². The highest BCUT2D eigenvalue weighted by molar-refractivity contribution is 5.80. The first-order valence-electron chi connectivity index (χ1n) is 21.6. The lowest BCUT2D eigenvalue weighted by Gasteiger charge is -2.21. The van der Waals surface area contributed by atoms with Gasteiger partial charge in [0.2, 0.25) is 5.91 Å². The van der Waals surface area contributed by atoms with Crippen LogP contribution in [0.3, 0.4) is 0 Å². The molecule has 0 saturated carbocycles. The van der Waals surface area contributed by atoms with Gasteiger partial charge in [-0.25, -0.2) is 0 Å². The number of aliphatic hydroxyl groups is 3. The zero-order chi connectivity index (χ0) is 37.3. The van der Waals surface area contributed by atoms with Gasteiger partial charge in [0, 0.05) is 0 Å². The molecule has 51 heavy (non-hydrogen) atoms. The minimum absolute atomic E-state index is 0.387. The molecule has 0 radical (unpaired) electrons. The molecule has 0 heterocycles. The van der Waals surface area contributed by atoms with Crippen LogP contribution in [0.2, 0.25) is 0 Å². The normalized spacial score (nSPS) is 14.2. The summed E-state index contributed by atoms with van der Waals surface area (Å²) in [6.07, 6.45) is 53.9. The van der Waals surface area contributed by atoms with E-state index < -0.39 is 24.2 Å². The number of hydrogen-bond donors (Lipinski definition) is 4. The van der Waals surface area contributed by atoms with E-state index in [4.69, 9.17) is 0 Å². The number of nitrogens with one attached hydrogen (secondary N) is 1. The molecule has 1 amide bonds. The summed E-state index contributed by atoms with van der Waals surface area (Å²) in [7, 11) is 0. The fourth-order valence-electron chi connectivity index (χ4n) is 6.13. The predicted molar refractivity (Wildman–Crippen MR) is 222 cm³/mol. The maximum absolute atomic E-state index is 12.4. The molecule has 0 spiro atoms. The molecule has 0 aromatic carbocycles. The van der Waals surface area contributed by atoms with E-state index in [0.717, 1.165) is 57.8 Å². The standard InChI is InChI=1S/C46H83NO4/c1-3-5-7-9-11-13-15-17-19-21-22-23-24-25-27-28-30-32-34-36-38-40-44(49)43(42-48)47-46(51)45(50)41-39-37-35-33-31-29-26-20-18-16-14-12-10-8-6-4-2/h12,14,18,20,24-25,30,32,38,40,43-45,48-50H,3-11,13,15-17,19,21-23,26-29,31,33-37,39,41-42H2,1-2H3,(H,47,51)/b14-12-,20-18-,25-24+,32-30+,40-38+. The van der Waals surface area contributed by atoms with E-state index in [1.165, 1.54) is 122 Å². The van der Waals surface area contributed by atoms with E-state index in [0.29, 0.717) is 6.42 Å². The zero-order valence-corrected chi connectivity index (χ0v) is 33.5. The van der Waals surface area contributed by atoms with Crippen LogP contribution in [0.15, 0.2) is 60.8 Å². The van der Waals surface area contributed by atoms with Gasteiger partial charge in [-0.1, -0.05) is 184 Å². The number of hydrogen-bond acceptors (Lipinski definition) is 4. The van der Waals surface area contributed by atoms with Crippen LogP contribution >= 0.6 is 0 Å². The van der Waals surface area contributed by atoms with Gasteiger partial charge in [-0.15, -0.1) is 0 Å². The lowest BCUT2D eigenvalue weighted by molar-refractivity contribution is -0.131. The topological polar surface area (TPSA) is 89.8 Å². The maximum Gasteiger partial charge on any atom is 0.249 e. The molecule has 5 nitrogen and oxygen atoms in total. The van der Waals surface area contributed by atoms with Gasteiger partial charge in [0.15, 0.2) is 0 Å². The quantitative estimate of drug-likeness (QED) is 0.0379. The third kappa shape index (κ3) is 36.2. The Labute approximate surface area is 316 Å². The van der Waals surface area contributed by atoms with Crippen LogP contribution in [0, 0.1) is 0 Å². The molecule has 4 N–H and O–H groups in total. The first-order chi connectivity index (χ1) is 25.1. The van der Waals surface area contributed by atoms with Crippen molar-refractivity contribution in [1.29, 1.82) is 0 Å². The van der Waals surface area contributed by atoms with Crippen molar-refractivity contribution in [3.63, 3.8) is 0 Å². The third-order valence-electron chi connectivity index (χ3n) is 9.56. The van der Waals surface area contributed by atoms with Crippen molar-refractivity contribution < 1.29 is 20.1 Å². The number of carbonyl (C=O) groups is 1. The van der Waals surface area contributed by atoms with E-state index in [1.54, 1.807) is 6.08 Å². The average Bonchev–Trinajstić information content (AvgIpc) is 3.13. The molecular weight excluding hydrogens is 631 g/mol. The molecule has 0 rings (SSSR count). The second-order valence-corrected chi connectivity index (χ2v) is 14.5. The Morgan fingerprint density at radius 3 is 1.35 bits per heavy atom. The first kappa shape index (κ1) is 49.0. The van der Waals surface area contributed by atoms with E-state index in [-0.39, 0.29) is 6.61 Å². The van der Waals surface area contributed by atoms with Crippen LogP contribution < -0.4 is 5.32 Å². The Bertz CT molecular complexity index is 876. The lowest BCUT2D eigenvalue weighted by Crippen LogP contribution is -2.48. The van der Waals surface area contributed by atoms with E-state index in [1.807, 2.05) is 6.08 Å². The largest absolute Gasteiger partial charge is 0.394 e. The van der Waals surface area contributed by atoms with Gasteiger partial charge < -0.3 is 20.6 Å². The van der Waals surface area contributed by atoms with Gasteiger partial charge in [0.1, 0.15) is 6.10 Å². The molecule has 0 aliphatic carbocycles. The Morgan fingerprint density at radius 2 is 0.863 bits per heavy atom. The summed E-state index contributed by atoms with van der Waals surface area (Å²) in [6.45, 7) is 4.13. The molecule has 0 aliphatic rings. The Balaban J connectivity index is 3.79. The molecule has 0 aliphatic heterocycles. The van der Waals surface area contributed by atoms with Crippen molar-refractivity contribution in [1.82, 2.24) is 5.32 Å². The molecule has 0 bridgehead atoms. The van der Waals surface area contributed by atoms with Crippen molar-refractivity contribution in [2.45, 2.75) is 218 Å². The Hall–Kier alpha value is -1.95. The van der Waals surface area contributed by atoms with Crippen molar-refractivity contribution in [2.24, 2.45) is 0 Å². The van der Waals surface area contributed by atoms with Crippen molar-refractivity contribution in [2.75, 3.05) is 6.61 Å². The number of aliphatic hydroxyl groups excluding tert-OH is 3. The van der Waals surface area contributed by atoms with Crippen molar-refractivity contribution in [3.05, 3.63) is 60.8 Å². The highest BCUT2D eigenvalue weighted by Gasteiger charge is 2.22. The highest BCUT2D eigenvalue weighted by Crippen LogP contribution is 2.13. The fraction of sp³-hybridized carbons (Fsp3) is 0.761. The van der Waals surface area contributed by atoms with Crippen LogP contribution in [0.25, 0.3) is 0 Å². The van der Waals surface area contributed by atoms with Gasteiger partial charge in [-0.2, -0.15) is 0 Å². The van der Waals surface area contributed by atoms with E-state index >= 15 is 0 Å². The monoisotopic (exact) mass is 714 g/mol. The predicted octanol–water partition coefficient (Wildman–Crippen LogP) is 12.3. The molecular formula is C46H83NO4. The lowest BCUT2D eigenvalue weighted by atomic mass is 10.0. The minimum Gasteiger partial charge on any atom is -0.394 e. The third-order valence-corrected chi connectivity index (χ3v) is 9.56. The smallest absolute Gasteiger partial charge is 0.249 e. The summed E-state index contributed by atoms with van der Waals surface area (Å²) in [4.78, 5) is 12.4. The summed E-state index contributed by atoms with van der Waals surface area (Å²) in [5.41, 5.74) is 0. The van der Waals surface area contributed by atoms with Gasteiger partial charge >= 0.3 is 0 Å². The van der Waals surface area contributed by atoms with Crippen LogP contribution in [-0.2, 0) is 4.79 Å². The summed E-state index contributed by atoms with van der Waals surface area (Å²) in [6, 6.07) is -0.827. The number of rotatable bonds is 38. The molecule has 3 unspecified atom stereocenters. The SMILES string of the molecule is CCCCC/C=C\C/C=C\CCCCCCCCC(O)C(=O)NC(CO)C(O)/C=C/CC/C=C/CC/C=C/CCCCCCCCCCCCC. The molecule has 296 valence electrons. The second kappa shape index (κ2) is 40.8. The molecule has 5 heteroatoms. The number of amides is 1. The fourth-order valence-corrected chi connectivity index (χ4v) is 6.13. The Morgan fingerprint density at radius 1 is 0.490 bits per heavy atom. The van der Waals surface area contributed by atoms with Gasteiger partial charge in [-0.3, -0.25) is 4.79 Å². The number of unbranched alkanes of at least 4 members (excludes halogenated alkanes) is 22. The van der Waals surface area contributed by atoms with Gasteiger partial charge in [0.05, 0.1) is 18.8 Å². The van der Waals surface area contributed by atoms with Crippen molar-refractivity contribution in [3.8, 4) is 0 Å². The maximum atomic E-state index is 12.4. The van der Waals surface area contributed by atoms with E-state index in [9.17, 15) is 20.1 Å². The minimum atomic E-state index is -1.12. The van der Waals surface area contributed by atoms with E-state index in [2.05, 4.69) is 67.8 Å². The van der Waals surface area contributed by atoms with Crippen LogP contribution in [-0.4, -0.2) is 46.1 Å². The van der Waals surface area contributed by atoms with Gasteiger partial charge in [0.25, 0.3) is 0 Å². The summed E-state index contributed by atoms with van der Waals surface area (Å²) in [5.74, 6) is -0.528. The first-order valence-corrected chi connectivity index (χ1v) is 21.6. The second-order valence-electron chi connectivity index (χ2n) is 14.5. The summed E-state index contributed by atoms with van der Waals surface area (Å²) < 4.78 is 0.